The Labute approximate surface area is 194 Å². The molecular weight excluding hydrogens is 448 g/mol. The summed E-state index contributed by atoms with van der Waals surface area (Å²) in [6.07, 6.45) is 4.51. The lowest BCUT2D eigenvalue weighted by atomic mass is 10.2. The summed E-state index contributed by atoms with van der Waals surface area (Å²) in [4.78, 5) is 38.1. The molecule has 0 aliphatic carbocycles. The number of rotatable bonds is 10. The zero-order chi connectivity index (χ0) is 22.5. The van der Waals surface area contributed by atoms with Gasteiger partial charge in [0.1, 0.15) is 5.82 Å². The molecule has 1 aliphatic heterocycles. The first-order valence-corrected chi connectivity index (χ1v) is 12.6. The van der Waals surface area contributed by atoms with Crippen LogP contribution in [0.1, 0.15) is 32.7 Å². The molecule has 0 aromatic carbocycles. The molecule has 0 fully saturated rings. The van der Waals surface area contributed by atoms with E-state index >= 15 is 0 Å². The van der Waals surface area contributed by atoms with Gasteiger partial charge in [-0.25, -0.2) is 19.6 Å². The summed E-state index contributed by atoms with van der Waals surface area (Å²) in [7, 11) is 0. The lowest BCUT2D eigenvalue weighted by Gasteiger charge is -2.13. The Hall–Kier alpha value is -2.60. The number of thioether (sulfide) groups is 2. The monoisotopic (exact) mass is 474 g/mol. The molecule has 170 valence electrons. The van der Waals surface area contributed by atoms with Crippen molar-refractivity contribution in [2.75, 3.05) is 29.9 Å². The van der Waals surface area contributed by atoms with Crippen LogP contribution in [0.3, 0.4) is 0 Å². The van der Waals surface area contributed by atoms with E-state index in [0.717, 1.165) is 35.6 Å². The van der Waals surface area contributed by atoms with Gasteiger partial charge in [-0.3, -0.25) is 14.2 Å². The van der Waals surface area contributed by atoms with Gasteiger partial charge in [0.15, 0.2) is 16.0 Å². The number of anilines is 1. The van der Waals surface area contributed by atoms with Crippen LogP contribution in [0.5, 0.6) is 0 Å². The number of amides is 1. The minimum absolute atomic E-state index is 0.0992. The fraction of sp³-hybridized carbons (Fsp3) is 0.500. The Morgan fingerprint density at radius 1 is 1.31 bits per heavy atom. The van der Waals surface area contributed by atoms with E-state index in [4.69, 9.17) is 0 Å². The van der Waals surface area contributed by atoms with Crippen LogP contribution in [0.2, 0.25) is 0 Å². The normalized spacial score (nSPS) is 15.1. The zero-order valence-corrected chi connectivity index (χ0v) is 19.7. The van der Waals surface area contributed by atoms with E-state index in [-0.39, 0.29) is 23.9 Å². The molecule has 10 nitrogen and oxygen atoms in total. The van der Waals surface area contributed by atoms with Crippen LogP contribution >= 0.6 is 23.5 Å². The van der Waals surface area contributed by atoms with Crippen molar-refractivity contribution in [3.63, 3.8) is 0 Å². The number of nitrogens with zero attached hydrogens (tertiary/aromatic N) is 6. The molecule has 0 bridgehead atoms. The third kappa shape index (κ3) is 4.90. The molecule has 12 heteroatoms. The molecule has 0 radical (unpaired) electrons. The molecule has 1 unspecified atom stereocenters. The Morgan fingerprint density at radius 3 is 3.00 bits per heavy atom. The highest BCUT2D eigenvalue weighted by molar-refractivity contribution is 7.99. The highest BCUT2D eigenvalue weighted by atomic mass is 32.2. The molecule has 3 aromatic heterocycles. The van der Waals surface area contributed by atoms with Crippen molar-refractivity contribution in [2.45, 2.75) is 49.6 Å². The van der Waals surface area contributed by atoms with Gasteiger partial charge < -0.3 is 10.6 Å². The van der Waals surface area contributed by atoms with E-state index in [0.29, 0.717) is 29.2 Å². The maximum atomic E-state index is 12.5. The van der Waals surface area contributed by atoms with Crippen LogP contribution in [-0.2, 0) is 11.3 Å². The third-order valence-electron chi connectivity index (χ3n) is 4.97. The predicted octanol–water partition coefficient (Wildman–Crippen LogP) is 2.17. The average Bonchev–Trinajstić information content (AvgIpc) is 3.37. The third-order valence-corrected chi connectivity index (χ3v) is 6.82. The van der Waals surface area contributed by atoms with Gasteiger partial charge >= 0.3 is 0 Å². The van der Waals surface area contributed by atoms with E-state index in [9.17, 15) is 9.59 Å². The molecule has 3 aromatic rings. The second kappa shape index (κ2) is 10.3. The van der Waals surface area contributed by atoms with Crippen LogP contribution in [-0.4, -0.2) is 59.8 Å². The van der Waals surface area contributed by atoms with Crippen LogP contribution < -0.4 is 16.2 Å². The summed E-state index contributed by atoms with van der Waals surface area (Å²) in [5, 5.41) is 13.0. The zero-order valence-electron chi connectivity index (χ0n) is 18.1. The van der Waals surface area contributed by atoms with Crippen LogP contribution in [0.15, 0.2) is 33.6 Å². The lowest BCUT2D eigenvalue weighted by molar-refractivity contribution is -0.121. The van der Waals surface area contributed by atoms with E-state index < -0.39 is 0 Å². The first-order valence-electron chi connectivity index (χ1n) is 10.7. The van der Waals surface area contributed by atoms with Crippen LogP contribution in [0, 0.1) is 0 Å². The summed E-state index contributed by atoms with van der Waals surface area (Å²) in [5.41, 5.74) is 0.635. The topological polar surface area (TPSA) is 120 Å². The number of carbonyl (C=O) groups is 1. The SMILES string of the molecule is CCCNc1nc(SCC)nc2c1cnn2CCNC(=O)CC1CSc2nccc(=O)n21. The molecule has 0 saturated heterocycles. The summed E-state index contributed by atoms with van der Waals surface area (Å²) in [5.74, 6) is 2.24. The molecule has 4 rings (SSSR count). The summed E-state index contributed by atoms with van der Waals surface area (Å²) in [6, 6.07) is 1.26. The molecule has 1 atom stereocenters. The largest absolute Gasteiger partial charge is 0.369 e. The van der Waals surface area contributed by atoms with Gasteiger partial charge in [0.25, 0.3) is 5.56 Å². The maximum absolute atomic E-state index is 12.5. The number of fused-ring (bicyclic) bond motifs is 2. The standard InChI is InChI=1S/C20H26N8O2S2/c1-3-6-22-17-14-11-24-27(18(14)26-19(25-17)31-4-2)9-8-21-15(29)10-13-12-32-20-23-7-5-16(30)28(13)20/h5,7,11,13H,3-4,6,8-10,12H2,1-2H3,(H,21,29)(H,22,25,26). The lowest BCUT2D eigenvalue weighted by Crippen LogP contribution is -2.32. The summed E-state index contributed by atoms with van der Waals surface area (Å²) >= 11 is 3.09. The predicted molar refractivity (Wildman–Crippen MR) is 126 cm³/mol. The van der Waals surface area contributed by atoms with Crippen molar-refractivity contribution in [3.8, 4) is 0 Å². The summed E-state index contributed by atoms with van der Waals surface area (Å²) in [6.45, 7) is 5.91. The molecule has 0 spiro atoms. The number of aromatic nitrogens is 6. The Bertz CT molecular complexity index is 1160. The quantitative estimate of drug-likeness (QED) is 0.336. The first-order chi connectivity index (χ1) is 15.6. The first kappa shape index (κ1) is 22.6. The molecule has 2 N–H and O–H groups in total. The van der Waals surface area contributed by atoms with E-state index in [1.165, 1.54) is 24.0 Å². The average molecular weight is 475 g/mol. The highest BCUT2D eigenvalue weighted by Gasteiger charge is 2.26. The Morgan fingerprint density at radius 2 is 2.19 bits per heavy atom. The van der Waals surface area contributed by atoms with Gasteiger partial charge in [-0.2, -0.15) is 5.10 Å². The number of carbonyl (C=O) groups excluding carboxylic acids is 1. The molecule has 4 heterocycles. The highest BCUT2D eigenvalue weighted by Crippen LogP contribution is 2.31. The number of nitrogens with one attached hydrogen (secondary N) is 2. The molecule has 1 amide bonds. The van der Waals surface area contributed by atoms with Gasteiger partial charge in [-0.1, -0.05) is 37.4 Å². The molecular formula is C20H26N8O2S2. The van der Waals surface area contributed by atoms with Gasteiger partial charge in [0.2, 0.25) is 5.91 Å². The van der Waals surface area contributed by atoms with Gasteiger partial charge in [0.05, 0.1) is 24.2 Å². The van der Waals surface area contributed by atoms with Gasteiger partial charge in [0, 0.05) is 37.5 Å². The smallest absolute Gasteiger partial charge is 0.254 e. The van der Waals surface area contributed by atoms with E-state index in [1.807, 2.05) is 0 Å². The van der Waals surface area contributed by atoms with Crippen molar-refractivity contribution in [2.24, 2.45) is 0 Å². The fourth-order valence-corrected chi connectivity index (χ4v) is 5.19. The van der Waals surface area contributed by atoms with Crippen LogP contribution in [0.25, 0.3) is 11.0 Å². The van der Waals surface area contributed by atoms with Gasteiger partial charge in [-0.15, -0.1) is 0 Å². The maximum Gasteiger partial charge on any atom is 0.254 e. The summed E-state index contributed by atoms with van der Waals surface area (Å²) < 4.78 is 3.41. The fourth-order valence-electron chi connectivity index (χ4n) is 3.50. The molecule has 32 heavy (non-hydrogen) atoms. The number of hydrogen-bond acceptors (Lipinski definition) is 9. The molecule has 1 aliphatic rings. The minimum atomic E-state index is -0.171. The van der Waals surface area contributed by atoms with E-state index in [2.05, 4.69) is 44.5 Å². The van der Waals surface area contributed by atoms with Crippen molar-refractivity contribution in [1.82, 2.24) is 34.6 Å². The Kier molecular flexibility index (Phi) is 7.30. The van der Waals surface area contributed by atoms with Crippen molar-refractivity contribution in [1.29, 1.82) is 0 Å². The Balaban J connectivity index is 1.40. The van der Waals surface area contributed by atoms with Crippen molar-refractivity contribution < 1.29 is 4.79 Å². The van der Waals surface area contributed by atoms with E-state index in [1.54, 1.807) is 27.2 Å². The van der Waals surface area contributed by atoms with Crippen molar-refractivity contribution >= 4 is 46.3 Å². The second-order valence-electron chi connectivity index (χ2n) is 7.27. The second-order valence-corrected chi connectivity index (χ2v) is 9.49. The van der Waals surface area contributed by atoms with Crippen molar-refractivity contribution in [3.05, 3.63) is 28.8 Å². The molecule has 0 saturated carbocycles. The number of hydrogen-bond donors (Lipinski definition) is 2. The van der Waals surface area contributed by atoms with Crippen LogP contribution in [0.4, 0.5) is 5.82 Å². The van der Waals surface area contributed by atoms with Gasteiger partial charge in [-0.05, 0) is 12.2 Å². The minimum Gasteiger partial charge on any atom is -0.369 e.